The van der Waals surface area contributed by atoms with Crippen molar-refractivity contribution in [2.75, 3.05) is 6.61 Å². The molecule has 0 unspecified atom stereocenters. The van der Waals surface area contributed by atoms with Gasteiger partial charge in [-0.1, -0.05) is 12.1 Å². The molecule has 19 heavy (non-hydrogen) atoms. The van der Waals surface area contributed by atoms with Crippen LogP contribution >= 0.6 is 0 Å². The van der Waals surface area contributed by atoms with E-state index in [4.69, 9.17) is 5.26 Å². The van der Waals surface area contributed by atoms with Crippen molar-refractivity contribution >= 4 is 5.91 Å². The van der Waals surface area contributed by atoms with Crippen molar-refractivity contribution in [2.45, 2.75) is 31.3 Å². The summed E-state index contributed by atoms with van der Waals surface area (Å²) in [5, 5.41) is 18.7. The Kier molecular flexibility index (Phi) is 4.13. The van der Waals surface area contributed by atoms with E-state index in [9.17, 15) is 14.3 Å². The molecule has 1 heterocycles. The molecule has 0 bridgehead atoms. The monoisotopic (exact) mass is 262 g/mol. The van der Waals surface area contributed by atoms with Gasteiger partial charge in [-0.05, 0) is 30.5 Å². The van der Waals surface area contributed by atoms with Gasteiger partial charge in [-0.3, -0.25) is 4.79 Å². The number of carbonyl (C=O) groups is 1. The quantitative estimate of drug-likeness (QED) is 0.902. The molecule has 2 atom stereocenters. The summed E-state index contributed by atoms with van der Waals surface area (Å²) in [5.41, 5.74) is 0.638. The highest BCUT2D eigenvalue weighted by Gasteiger charge is 2.34. The maximum Gasteiger partial charge on any atom is 0.224 e. The molecule has 0 radical (unpaired) electrons. The molecule has 2 rings (SSSR count). The van der Waals surface area contributed by atoms with Gasteiger partial charge in [-0.15, -0.1) is 0 Å². The highest BCUT2D eigenvalue weighted by molar-refractivity contribution is 5.78. The van der Waals surface area contributed by atoms with Gasteiger partial charge in [0.1, 0.15) is 11.9 Å². The summed E-state index contributed by atoms with van der Waals surface area (Å²) in [6, 6.07) is 6.63. The molecule has 1 N–H and O–H groups in total. The first-order chi connectivity index (χ1) is 9.17. The third kappa shape index (κ3) is 2.74. The molecule has 1 aliphatic heterocycles. The van der Waals surface area contributed by atoms with Gasteiger partial charge >= 0.3 is 0 Å². The first-order valence-corrected chi connectivity index (χ1v) is 6.24. The lowest BCUT2D eigenvalue weighted by atomic mass is 9.97. The van der Waals surface area contributed by atoms with E-state index in [1.165, 1.54) is 29.2 Å². The molecule has 1 amide bonds. The number of halogens is 1. The molecule has 0 saturated carbocycles. The standard InChI is InChI=1S/C14H15FN2O2/c15-11-6-4-10(5-7-11)13(9-18)17-12(8-16)2-1-3-14(17)19/h4-7,12-13,18H,1-3,9H2/t12-,13-/m0/s1. The number of likely N-dealkylation sites (tertiary alicyclic amines) is 1. The summed E-state index contributed by atoms with van der Waals surface area (Å²) in [4.78, 5) is 13.4. The molecule has 0 aromatic heterocycles. The fourth-order valence-corrected chi connectivity index (χ4v) is 2.45. The predicted molar refractivity (Wildman–Crippen MR) is 66.3 cm³/mol. The maximum atomic E-state index is 12.9. The minimum atomic E-state index is -0.585. The third-order valence-electron chi connectivity index (χ3n) is 3.40. The Hall–Kier alpha value is -1.93. The van der Waals surface area contributed by atoms with Gasteiger partial charge in [-0.2, -0.15) is 5.26 Å². The first-order valence-electron chi connectivity index (χ1n) is 6.24. The number of benzene rings is 1. The lowest BCUT2D eigenvalue weighted by Gasteiger charge is -2.37. The Labute approximate surface area is 111 Å². The van der Waals surface area contributed by atoms with E-state index in [0.29, 0.717) is 24.8 Å². The number of amides is 1. The molecule has 0 aliphatic carbocycles. The average molecular weight is 262 g/mol. The van der Waals surface area contributed by atoms with E-state index < -0.39 is 12.1 Å². The second kappa shape index (κ2) is 5.81. The van der Waals surface area contributed by atoms with Crippen molar-refractivity contribution in [2.24, 2.45) is 0 Å². The van der Waals surface area contributed by atoms with Crippen LogP contribution in [0.3, 0.4) is 0 Å². The molecule has 1 aromatic carbocycles. The second-order valence-corrected chi connectivity index (χ2v) is 4.59. The number of hydrogen-bond donors (Lipinski definition) is 1. The van der Waals surface area contributed by atoms with Gasteiger partial charge < -0.3 is 10.0 Å². The van der Waals surface area contributed by atoms with E-state index in [2.05, 4.69) is 6.07 Å². The van der Waals surface area contributed by atoms with E-state index in [-0.39, 0.29) is 18.3 Å². The maximum absolute atomic E-state index is 12.9. The predicted octanol–water partition coefficient (Wildman–Crippen LogP) is 1.76. The van der Waals surface area contributed by atoms with Crippen LogP contribution in [0.25, 0.3) is 0 Å². The van der Waals surface area contributed by atoms with Crippen LogP contribution in [-0.2, 0) is 4.79 Å². The van der Waals surface area contributed by atoms with Crippen LogP contribution in [-0.4, -0.2) is 28.6 Å². The zero-order chi connectivity index (χ0) is 13.8. The summed E-state index contributed by atoms with van der Waals surface area (Å²) < 4.78 is 12.9. The van der Waals surface area contributed by atoms with Crippen LogP contribution in [0.4, 0.5) is 4.39 Å². The summed E-state index contributed by atoms with van der Waals surface area (Å²) >= 11 is 0. The van der Waals surface area contributed by atoms with Gasteiger partial charge in [0.2, 0.25) is 5.91 Å². The Bertz CT molecular complexity index is 495. The van der Waals surface area contributed by atoms with Crippen molar-refractivity contribution in [3.63, 3.8) is 0 Å². The first kappa shape index (κ1) is 13.5. The average Bonchev–Trinajstić information content (AvgIpc) is 2.43. The Morgan fingerprint density at radius 1 is 1.47 bits per heavy atom. The van der Waals surface area contributed by atoms with Gasteiger partial charge in [-0.25, -0.2) is 4.39 Å². The lowest BCUT2D eigenvalue weighted by Crippen LogP contribution is -2.46. The lowest BCUT2D eigenvalue weighted by molar-refractivity contribution is -0.139. The summed E-state index contributed by atoms with van der Waals surface area (Å²) in [7, 11) is 0. The van der Waals surface area contributed by atoms with Crippen molar-refractivity contribution in [1.82, 2.24) is 4.90 Å². The number of aliphatic hydroxyl groups excluding tert-OH is 1. The third-order valence-corrected chi connectivity index (χ3v) is 3.40. The Morgan fingerprint density at radius 3 is 2.74 bits per heavy atom. The number of piperidine rings is 1. The number of aliphatic hydroxyl groups is 1. The van der Waals surface area contributed by atoms with Crippen LogP contribution < -0.4 is 0 Å². The fourth-order valence-electron chi connectivity index (χ4n) is 2.45. The summed E-state index contributed by atoms with van der Waals surface area (Å²) in [5.74, 6) is -0.511. The van der Waals surface area contributed by atoms with Crippen molar-refractivity contribution in [3.05, 3.63) is 35.6 Å². The zero-order valence-corrected chi connectivity index (χ0v) is 10.4. The Morgan fingerprint density at radius 2 is 2.16 bits per heavy atom. The van der Waals surface area contributed by atoms with Crippen LogP contribution in [0, 0.1) is 17.1 Å². The van der Waals surface area contributed by atoms with Crippen molar-refractivity contribution in [1.29, 1.82) is 5.26 Å². The smallest absolute Gasteiger partial charge is 0.224 e. The largest absolute Gasteiger partial charge is 0.394 e. The fraction of sp³-hybridized carbons (Fsp3) is 0.429. The van der Waals surface area contributed by atoms with Crippen molar-refractivity contribution < 1.29 is 14.3 Å². The van der Waals surface area contributed by atoms with Crippen LogP contribution in [0.2, 0.25) is 0 Å². The van der Waals surface area contributed by atoms with E-state index >= 15 is 0 Å². The number of nitriles is 1. The van der Waals surface area contributed by atoms with Crippen LogP contribution in [0.1, 0.15) is 30.9 Å². The van der Waals surface area contributed by atoms with Gasteiger partial charge in [0.25, 0.3) is 0 Å². The molecule has 1 fully saturated rings. The van der Waals surface area contributed by atoms with E-state index in [0.717, 1.165) is 0 Å². The van der Waals surface area contributed by atoms with E-state index in [1.807, 2.05) is 0 Å². The normalized spacial score (nSPS) is 21.0. The molecule has 4 nitrogen and oxygen atoms in total. The molecule has 0 spiro atoms. The minimum Gasteiger partial charge on any atom is -0.394 e. The van der Waals surface area contributed by atoms with Gasteiger partial charge in [0.15, 0.2) is 0 Å². The molecule has 1 aromatic rings. The Balaban J connectivity index is 2.31. The highest BCUT2D eigenvalue weighted by Crippen LogP contribution is 2.29. The molecule has 100 valence electrons. The van der Waals surface area contributed by atoms with Crippen molar-refractivity contribution in [3.8, 4) is 6.07 Å². The number of carbonyl (C=O) groups excluding carboxylic acids is 1. The summed E-state index contributed by atoms with van der Waals surface area (Å²) in [6.07, 6.45) is 1.69. The van der Waals surface area contributed by atoms with Gasteiger partial charge in [0.05, 0.1) is 18.7 Å². The number of nitrogens with zero attached hydrogens (tertiary/aromatic N) is 2. The SMILES string of the molecule is N#C[C@@H]1CCCC(=O)N1[C@@H](CO)c1ccc(F)cc1. The zero-order valence-electron chi connectivity index (χ0n) is 10.4. The number of rotatable bonds is 3. The van der Waals surface area contributed by atoms with Crippen LogP contribution in [0.15, 0.2) is 24.3 Å². The summed E-state index contributed by atoms with van der Waals surface area (Å²) in [6.45, 7) is -0.282. The number of hydrogen-bond acceptors (Lipinski definition) is 3. The molecule has 1 saturated heterocycles. The molecule has 5 heteroatoms. The van der Waals surface area contributed by atoms with Gasteiger partial charge in [0, 0.05) is 6.42 Å². The van der Waals surface area contributed by atoms with Crippen LogP contribution in [0.5, 0.6) is 0 Å². The minimum absolute atomic E-state index is 0.138. The highest BCUT2D eigenvalue weighted by atomic mass is 19.1. The molecular formula is C14H15FN2O2. The topological polar surface area (TPSA) is 64.3 Å². The second-order valence-electron chi connectivity index (χ2n) is 4.59. The molecular weight excluding hydrogens is 247 g/mol. The van der Waals surface area contributed by atoms with E-state index in [1.54, 1.807) is 0 Å². The molecule has 1 aliphatic rings.